The van der Waals surface area contributed by atoms with Crippen molar-refractivity contribution >= 4 is 17.5 Å². The molecule has 17 heavy (non-hydrogen) atoms. The molecule has 0 spiro atoms. The Morgan fingerprint density at radius 1 is 1.47 bits per heavy atom. The van der Waals surface area contributed by atoms with Gasteiger partial charge in [0.2, 0.25) is 0 Å². The topological polar surface area (TPSA) is 42.0 Å². The molecule has 0 saturated heterocycles. The van der Waals surface area contributed by atoms with Gasteiger partial charge in [0.1, 0.15) is 0 Å². The molecule has 1 atom stereocenters. The van der Waals surface area contributed by atoms with E-state index in [1.807, 2.05) is 32.9 Å². The molecule has 1 aromatic heterocycles. The summed E-state index contributed by atoms with van der Waals surface area (Å²) in [6, 6.07) is 3.66. The summed E-state index contributed by atoms with van der Waals surface area (Å²) < 4.78 is 0. The van der Waals surface area contributed by atoms with Gasteiger partial charge in [0, 0.05) is 17.6 Å². The third-order valence-electron chi connectivity index (χ3n) is 2.66. The van der Waals surface area contributed by atoms with Crippen LogP contribution in [0.2, 0.25) is 0 Å². The third-order valence-corrected chi connectivity index (χ3v) is 3.18. The van der Waals surface area contributed by atoms with Crippen LogP contribution in [0.4, 0.5) is 0 Å². The Hall–Kier alpha value is -1.09. The average molecular weight is 255 g/mol. The number of halogens is 1. The van der Waals surface area contributed by atoms with Crippen LogP contribution in [0.5, 0.6) is 0 Å². The first kappa shape index (κ1) is 14.0. The van der Waals surface area contributed by atoms with Crippen molar-refractivity contribution in [3.05, 3.63) is 29.1 Å². The zero-order chi connectivity index (χ0) is 12.8. The van der Waals surface area contributed by atoms with Crippen molar-refractivity contribution in [2.45, 2.75) is 39.0 Å². The summed E-state index contributed by atoms with van der Waals surface area (Å²) in [4.78, 5) is 16.1. The van der Waals surface area contributed by atoms with E-state index in [2.05, 4.69) is 10.3 Å². The fourth-order valence-electron chi connectivity index (χ4n) is 1.57. The van der Waals surface area contributed by atoms with Crippen molar-refractivity contribution in [1.29, 1.82) is 0 Å². The summed E-state index contributed by atoms with van der Waals surface area (Å²) in [5, 5.41) is 2.99. The second kappa shape index (κ2) is 6.60. The van der Waals surface area contributed by atoms with Crippen molar-refractivity contribution in [3.63, 3.8) is 0 Å². The Bertz CT molecular complexity index is 393. The van der Waals surface area contributed by atoms with E-state index in [9.17, 15) is 4.79 Å². The number of hydrogen-bond donors (Lipinski definition) is 1. The molecule has 1 heterocycles. The van der Waals surface area contributed by atoms with Gasteiger partial charge in [0.05, 0.1) is 11.3 Å². The number of rotatable bonds is 5. The molecule has 0 radical (unpaired) electrons. The van der Waals surface area contributed by atoms with E-state index in [4.69, 9.17) is 11.6 Å². The lowest BCUT2D eigenvalue weighted by Gasteiger charge is -2.09. The van der Waals surface area contributed by atoms with Gasteiger partial charge in [0.25, 0.3) is 5.91 Å². The quantitative estimate of drug-likeness (QED) is 0.821. The first-order valence-electron chi connectivity index (χ1n) is 5.91. The summed E-state index contributed by atoms with van der Waals surface area (Å²) in [5.74, 6) is -0.0741. The average Bonchev–Trinajstić information content (AvgIpc) is 2.28. The SMILES string of the molecule is CCC(Cl)CCNC(=O)c1ccc(C)nc1C. The number of pyridine rings is 1. The molecule has 1 rings (SSSR count). The number of hydrogen-bond acceptors (Lipinski definition) is 2. The van der Waals surface area contributed by atoms with E-state index in [-0.39, 0.29) is 11.3 Å². The van der Waals surface area contributed by atoms with Gasteiger partial charge in [-0.15, -0.1) is 11.6 Å². The minimum Gasteiger partial charge on any atom is -0.352 e. The molecule has 0 aromatic carbocycles. The van der Waals surface area contributed by atoms with Gasteiger partial charge in [-0.3, -0.25) is 9.78 Å². The highest BCUT2D eigenvalue weighted by molar-refractivity contribution is 6.20. The van der Waals surface area contributed by atoms with Crippen LogP contribution in [-0.4, -0.2) is 22.8 Å². The molecule has 1 amide bonds. The molecule has 0 aliphatic carbocycles. The van der Waals surface area contributed by atoms with Gasteiger partial charge >= 0.3 is 0 Å². The van der Waals surface area contributed by atoms with Gasteiger partial charge in [0.15, 0.2) is 0 Å². The second-order valence-corrected chi connectivity index (χ2v) is 4.75. The molecule has 1 N–H and O–H groups in total. The molecule has 0 aliphatic rings. The van der Waals surface area contributed by atoms with Crippen molar-refractivity contribution in [3.8, 4) is 0 Å². The molecule has 0 saturated carbocycles. The van der Waals surface area contributed by atoms with Gasteiger partial charge in [-0.05, 0) is 38.8 Å². The molecule has 1 unspecified atom stereocenters. The highest BCUT2D eigenvalue weighted by Gasteiger charge is 2.10. The number of nitrogens with zero attached hydrogens (tertiary/aromatic N) is 1. The lowest BCUT2D eigenvalue weighted by molar-refractivity contribution is 0.0952. The minimum atomic E-state index is -0.0741. The zero-order valence-corrected chi connectivity index (χ0v) is 11.3. The standard InChI is InChI=1S/C13H19ClN2O/c1-4-11(14)7-8-15-13(17)12-6-5-9(2)16-10(12)3/h5-6,11H,4,7-8H2,1-3H3,(H,15,17). The van der Waals surface area contributed by atoms with Crippen molar-refractivity contribution in [2.75, 3.05) is 6.54 Å². The predicted molar refractivity (Wildman–Crippen MR) is 70.6 cm³/mol. The maximum absolute atomic E-state index is 11.9. The van der Waals surface area contributed by atoms with Gasteiger partial charge in [-0.25, -0.2) is 0 Å². The number of alkyl halides is 1. The molecule has 3 nitrogen and oxygen atoms in total. The normalized spacial score (nSPS) is 12.2. The molecule has 4 heteroatoms. The summed E-state index contributed by atoms with van der Waals surface area (Å²) in [6.45, 7) is 6.40. The molecule has 94 valence electrons. The molecule has 0 bridgehead atoms. The molecule has 0 aliphatic heterocycles. The third kappa shape index (κ3) is 4.35. The van der Waals surface area contributed by atoms with Crippen LogP contribution >= 0.6 is 11.6 Å². The summed E-state index contributed by atoms with van der Waals surface area (Å²) in [7, 11) is 0. The van der Waals surface area contributed by atoms with Gasteiger partial charge in [-0.2, -0.15) is 0 Å². The summed E-state index contributed by atoms with van der Waals surface area (Å²) in [6.07, 6.45) is 1.71. The van der Waals surface area contributed by atoms with Crippen LogP contribution in [0.15, 0.2) is 12.1 Å². The summed E-state index contributed by atoms with van der Waals surface area (Å²) >= 11 is 5.98. The maximum atomic E-state index is 11.9. The van der Waals surface area contributed by atoms with E-state index in [1.54, 1.807) is 0 Å². The maximum Gasteiger partial charge on any atom is 0.253 e. The van der Waals surface area contributed by atoms with Crippen LogP contribution in [0.25, 0.3) is 0 Å². The van der Waals surface area contributed by atoms with Crippen molar-refractivity contribution in [1.82, 2.24) is 10.3 Å². The predicted octanol–water partition coefficient (Wildman–Crippen LogP) is 2.84. The largest absolute Gasteiger partial charge is 0.352 e. The van der Waals surface area contributed by atoms with E-state index >= 15 is 0 Å². The number of nitrogens with one attached hydrogen (secondary N) is 1. The van der Waals surface area contributed by atoms with Crippen LogP contribution in [0, 0.1) is 13.8 Å². The Morgan fingerprint density at radius 2 is 2.18 bits per heavy atom. The highest BCUT2D eigenvalue weighted by Crippen LogP contribution is 2.07. The Morgan fingerprint density at radius 3 is 2.76 bits per heavy atom. The fourth-order valence-corrected chi connectivity index (χ4v) is 1.68. The number of aryl methyl sites for hydroxylation is 2. The number of carbonyl (C=O) groups excluding carboxylic acids is 1. The molecule has 0 fully saturated rings. The second-order valence-electron chi connectivity index (χ2n) is 4.14. The number of amides is 1. The molecular formula is C13H19ClN2O. The van der Waals surface area contributed by atoms with E-state index < -0.39 is 0 Å². The lowest BCUT2D eigenvalue weighted by Crippen LogP contribution is -2.27. The van der Waals surface area contributed by atoms with Gasteiger partial charge in [-0.1, -0.05) is 6.92 Å². The first-order valence-corrected chi connectivity index (χ1v) is 6.34. The summed E-state index contributed by atoms with van der Waals surface area (Å²) in [5.41, 5.74) is 2.32. The smallest absolute Gasteiger partial charge is 0.253 e. The van der Waals surface area contributed by atoms with Gasteiger partial charge < -0.3 is 5.32 Å². The van der Waals surface area contributed by atoms with E-state index in [0.29, 0.717) is 12.1 Å². The van der Waals surface area contributed by atoms with Crippen LogP contribution in [-0.2, 0) is 0 Å². The zero-order valence-electron chi connectivity index (χ0n) is 10.6. The Balaban J connectivity index is 2.52. The first-order chi connectivity index (χ1) is 8.04. The molecular weight excluding hydrogens is 236 g/mol. The van der Waals surface area contributed by atoms with Crippen LogP contribution in [0.3, 0.4) is 0 Å². The lowest BCUT2D eigenvalue weighted by atomic mass is 10.1. The Kier molecular flexibility index (Phi) is 5.42. The molecule has 1 aromatic rings. The fraction of sp³-hybridized carbons (Fsp3) is 0.538. The van der Waals surface area contributed by atoms with Crippen LogP contribution < -0.4 is 5.32 Å². The van der Waals surface area contributed by atoms with E-state index in [1.165, 1.54) is 0 Å². The number of aromatic nitrogens is 1. The van der Waals surface area contributed by atoms with E-state index in [0.717, 1.165) is 24.2 Å². The van der Waals surface area contributed by atoms with Crippen molar-refractivity contribution < 1.29 is 4.79 Å². The number of carbonyl (C=O) groups is 1. The van der Waals surface area contributed by atoms with Crippen LogP contribution in [0.1, 0.15) is 41.5 Å². The minimum absolute atomic E-state index is 0.0741. The monoisotopic (exact) mass is 254 g/mol. The highest BCUT2D eigenvalue weighted by atomic mass is 35.5. The van der Waals surface area contributed by atoms with Crippen molar-refractivity contribution in [2.24, 2.45) is 0 Å². The Labute approximate surface area is 108 Å².